The van der Waals surface area contributed by atoms with Gasteiger partial charge in [-0.15, -0.1) is 5.10 Å². The molecule has 0 spiro atoms. The maximum Gasteiger partial charge on any atom is 0.331 e. The summed E-state index contributed by atoms with van der Waals surface area (Å²) in [5.41, 5.74) is 0.402. The van der Waals surface area contributed by atoms with Crippen LogP contribution in [-0.4, -0.2) is 31.3 Å². The number of aromatic nitrogens is 4. The predicted molar refractivity (Wildman–Crippen MR) is 70.0 cm³/mol. The molecule has 0 amide bonds. The van der Waals surface area contributed by atoms with Gasteiger partial charge < -0.3 is 5.11 Å². The smallest absolute Gasteiger partial charge is 0.331 e. The fourth-order valence-electron chi connectivity index (χ4n) is 1.70. The highest BCUT2D eigenvalue weighted by atomic mass is 35.5. The van der Waals surface area contributed by atoms with Gasteiger partial charge >= 0.3 is 5.97 Å². The summed E-state index contributed by atoms with van der Waals surface area (Å²) in [5.74, 6) is -0.603. The first-order chi connectivity index (χ1) is 8.84. The lowest BCUT2D eigenvalue weighted by molar-refractivity contribution is -0.146. The van der Waals surface area contributed by atoms with Crippen molar-refractivity contribution in [2.24, 2.45) is 0 Å². The number of carboxylic acid groups (broad SMARTS) is 1. The Hall–Kier alpha value is -1.95. The molecule has 0 aliphatic heterocycles. The van der Waals surface area contributed by atoms with Gasteiger partial charge in [-0.05, 0) is 55.0 Å². The first kappa shape index (κ1) is 13.5. The summed E-state index contributed by atoms with van der Waals surface area (Å²) in [6.45, 7) is 4.95. The van der Waals surface area contributed by atoms with E-state index in [0.717, 1.165) is 11.1 Å². The monoisotopic (exact) mass is 280 g/mol. The molecule has 1 heterocycles. The van der Waals surface area contributed by atoms with Crippen LogP contribution in [0.2, 0.25) is 5.02 Å². The average molecular weight is 281 g/mol. The van der Waals surface area contributed by atoms with E-state index < -0.39 is 11.5 Å². The van der Waals surface area contributed by atoms with Gasteiger partial charge in [0.2, 0.25) is 0 Å². The second-order valence-corrected chi connectivity index (χ2v) is 5.17. The second-order valence-electron chi connectivity index (χ2n) is 4.74. The Morgan fingerprint density at radius 3 is 2.68 bits per heavy atom. The number of hydrogen-bond acceptors (Lipinski definition) is 4. The van der Waals surface area contributed by atoms with Crippen LogP contribution in [0, 0.1) is 6.92 Å². The molecule has 7 heteroatoms. The van der Waals surface area contributed by atoms with E-state index in [1.165, 1.54) is 4.68 Å². The van der Waals surface area contributed by atoms with Crippen LogP contribution in [0.5, 0.6) is 0 Å². The SMILES string of the molecule is Cc1cc(Cl)ccc1-c1nnnn1C(C)(C)C(=O)O. The lowest BCUT2D eigenvalue weighted by Gasteiger charge is -2.20. The van der Waals surface area contributed by atoms with Crippen LogP contribution in [0.1, 0.15) is 19.4 Å². The molecule has 1 aromatic heterocycles. The quantitative estimate of drug-likeness (QED) is 0.931. The van der Waals surface area contributed by atoms with Gasteiger partial charge in [-0.25, -0.2) is 9.48 Å². The van der Waals surface area contributed by atoms with Crippen LogP contribution in [0.15, 0.2) is 18.2 Å². The number of aryl methyl sites for hydroxylation is 1. The summed E-state index contributed by atoms with van der Waals surface area (Å²) >= 11 is 5.91. The molecule has 0 radical (unpaired) electrons. The third-order valence-electron chi connectivity index (χ3n) is 2.95. The average Bonchev–Trinajstić information content (AvgIpc) is 2.78. The topological polar surface area (TPSA) is 80.9 Å². The molecule has 0 fully saturated rings. The van der Waals surface area contributed by atoms with Crippen molar-refractivity contribution in [2.45, 2.75) is 26.3 Å². The van der Waals surface area contributed by atoms with Gasteiger partial charge in [0.15, 0.2) is 11.4 Å². The van der Waals surface area contributed by atoms with Crippen molar-refractivity contribution in [3.63, 3.8) is 0 Å². The van der Waals surface area contributed by atoms with E-state index >= 15 is 0 Å². The number of tetrazole rings is 1. The zero-order chi connectivity index (χ0) is 14.2. The number of carbonyl (C=O) groups is 1. The normalized spacial score (nSPS) is 11.6. The molecule has 0 atom stereocenters. The Morgan fingerprint density at radius 2 is 2.11 bits per heavy atom. The molecular formula is C12H13ClN4O2. The highest BCUT2D eigenvalue weighted by Crippen LogP contribution is 2.27. The molecule has 0 saturated heterocycles. The minimum Gasteiger partial charge on any atom is -0.479 e. The van der Waals surface area contributed by atoms with Gasteiger partial charge in [0, 0.05) is 10.6 Å². The van der Waals surface area contributed by atoms with Gasteiger partial charge in [0.25, 0.3) is 0 Å². The fourth-order valence-corrected chi connectivity index (χ4v) is 1.93. The van der Waals surface area contributed by atoms with Crippen LogP contribution in [-0.2, 0) is 10.3 Å². The van der Waals surface area contributed by atoms with Crippen LogP contribution in [0.3, 0.4) is 0 Å². The molecule has 2 rings (SSSR count). The molecule has 0 bridgehead atoms. The van der Waals surface area contributed by atoms with E-state index in [2.05, 4.69) is 15.5 Å². The molecule has 2 aromatic rings. The van der Waals surface area contributed by atoms with Crippen LogP contribution in [0.25, 0.3) is 11.4 Å². The highest BCUT2D eigenvalue weighted by Gasteiger charge is 2.34. The van der Waals surface area contributed by atoms with Gasteiger partial charge in [0.1, 0.15) is 0 Å². The molecule has 1 aromatic carbocycles. The van der Waals surface area contributed by atoms with E-state index in [-0.39, 0.29) is 0 Å². The number of nitrogens with zero attached hydrogens (tertiary/aromatic N) is 4. The number of hydrogen-bond donors (Lipinski definition) is 1. The first-order valence-corrected chi connectivity index (χ1v) is 6.00. The Kier molecular flexibility index (Phi) is 3.28. The Bertz CT molecular complexity index is 636. The summed E-state index contributed by atoms with van der Waals surface area (Å²) in [7, 11) is 0. The molecule has 0 unspecified atom stereocenters. The molecule has 0 saturated carbocycles. The lowest BCUT2D eigenvalue weighted by Crippen LogP contribution is -2.37. The van der Waals surface area contributed by atoms with Gasteiger partial charge in [-0.1, -0.05) is 11.6 Å². The van der Waals surface area contributed by atoms with Crippen molar-refractivity contribution in [1.29, 1.82) is 0 Å². The Labute approximate surface area is 115 Å². The first-order valence-electron chi connectivity index (χ1n) is 5.63. The summed E-state index contributed by atoms with van der Waals surface area (Å²) < 4.78 is 1.30. The number of rotatable bonds is 3. The van der Waals surface area contributed by atoms with Crippen LogP contribution < -0.4 is 0 Å². The largest absolute Gasteiger partial charge is 0.479 e. The minimum atomic E-state index is -1.23. The third kappa shape index (κ3) is 2.31. The van der Waals surface area contributed by atoms with Crippen molar-refractivity contribution in [3.05, 3.63) is 28.8 Å². The van der Waals surface area contributed by atoms with Crippen LogP contribution >= 0.6 is 11.6 Å². The zero-order valence-corrected chi connectivity index (χ0v) is 11.5. The summed E-state index contributed by atoms with van der Waals surface area (Å²) in [6, 6.07) is 5.28. The van der Waals surface area contributed by atoms with Crippen molar-refractivity contribution < 1.29 is 9.90 Å². The second kappa shape index (κ2) is 4.62. The molecule has 0 aliphatic rings. The number of aliphatic carboxylic acids is 1. The Morgan fingerprint density at radius 1 is 1.42 bits per heavy atom. The minimum absolute atomic E-state index is 0.404. The molecule has 100 valence electrons. The summed E-state index contributed by atoms with van der Waals surface area (Å²) in [4.78, 5) is 11.3. The van der Waals surface area contributed by atoms with E-state index in [9.17, 15) is 9.90 Å². The zero-order valence-electron chi connectivity index (χ0n) is 10.8. The van der Waals surface area contributed by atoms with Crippen molar-refractivity contribution in [2.75, 3.05) is 0 Å². The lowest BCUT2D eigenvalue weighted by atomic mass is 10.0. The van der Waals surface area contributed by atoms with Gasteiger partial charge in [-0.2, -0.15) is 0 Å². The maximum atomic E-state index is 11.3. The molecular weight excluding hydrogens is 268 g/mol. The molecule has 0 aliphatic carbocycles. The van der Waals surface area contributed by atoms with Crippen molar-refractivity contribution in [3.8, 4) is 11.4 Å². The summed E-state index contributed by atoms with van der Waals surface area (Å²) in [6.07, 6.45) is 0. The Balaban J connectivity index is 2.60. The number of carboxylic acids is 1. The molecule has 6 nitrogen and oxygen atoms in total. The summed E-state index contributed by atoms with van der Waals surface area (Å²) in [5, 5.41) is 21.2. The maximum absolute atomic E-state index is 11.3. The van der Waals surface area contributed by atoms with Gasteiger partial charge in [0.05, 0.1) is 0 Å². The molecule has 19 heavy (non-hydrogen) atoms. The van der Waals surface area contributed by atoms with Crippen molar-refractivity contribution >= 4 is 17.6 Å². The van der Waals surface area contributed by atoms with E-state index in [0.29, 0.717) is 10.8 Å². The highest BCUT2D eigenvalue weighted by molar-refractivity contribution is 6.30. The predicted octanol–water partition coefficient (Wildman–Crippen LogP) is 2.12. The van der Waals surface area contributed by atoms with Gasteiger partial charge in [-0.3, -0.25) is 0 Å². The fraction of sp³-hybridized carbons (Fsp3) is 0.333. The van der Waals surface area contributed by atoms with E-state index in [1.54, 1.807) is 32.0 Å². The standard InChI is InChI=1S/C12H13ClN4O2/c1-7-6-8(13)4-5-9(7)10-14-15-16-17(10)12(2,3)11(18)19/h4-6H,1-3H3,(H,18,19). The van der Waals surface area contributed by atoms with E-state index in [1.807, 2.05) is 6.92 Å². The van der Waals surface area contributed by atoms with Crippen molar-refractivity contribution in [1.82, 2.24) is 20.2 Å². The van der Waals surface area contributed by atoms with E-state index in [4.69, 9.17) is 11.6 Å². The van der Waals surface area contributed by atoms with Crippen LogP contribution in [0.4, 0.5) is 0 Å². The number of halogens is 1. The number of benzene rings is 1. The third-order valence-corrected chi connectivity index (χ3v) is 3.19. The molecule has 1 N–H and O–H groups in total.